The van der Waals surface area contributed by atoms with Crippen molar-refractivity contribution < 1.29 is 33.0 Å². The van der Waals surface area contributed by atoms with Crippen LogP contribution in [0.1, 0.15) is 30.9 Å². The molecular formula is C27H28ClF2N3O5. The molecular weight excluding hydrogens is 520 g/mol. The van der Waals surface area contributed by atoms with Gasteiger partial charge in [0.25, 0.3) is 0 Å². The molecule has 8 nitrogen and oxygen atoms in total. The second-order valence-electron chi connectivity index (χ2n) is 9.62. The molecule has 2 aromatic carbocycles. The van der Waals surface area contributed by atoms with E-state index in [0.29, 0.717) is 22.2 Å². The number of aryl methyl sites for hydroxylation is 1. The summed E-state index contributed by atoms with van der Waals surface area (Å²) in [5.74, 6) is -1.06. The number of Topliss-reactive ketones (excluding diaryl/α,β-unsaturated/α-hetero) is 1. The second kappa shape index (κ2) is 11.1. The first kappa shape index (κ1) is 27.5. The van der Waals surface area contributed by atoms with E-state index in [0.717, 1.165) is 0 Å². The zero-order valence-electron chi connectivity index (χ0n) is 20.8. The Bertz CT molecular complexity index is 1390. The first-order valence-electron chi connectivity index (χ1n) is 12.1. The number of halogens is 3. The summed E-state index contributed by atoms with van der Waals surface area (Å²) >= 11 is 5.82. The number of benzene rings is 2. The normalized spacial score (nSPS) is 19.2. The van der Waals surface area contributed by atoms with Gasteiger partial charge in [-0.15, -0.1) is 0 Å². The lowest BCUT2D eigenvalue weighted by atomic mass is 9.98. The monoisotopic (exact) mass is 547 g/mol. The maximum atomic E-state index is 15.1. The fourth-order valence-corrected chi connectivity index (χ4v) is 5.07. The molecule has 1 aliphatic heterocycles. The number of ether oxygens (including phenoxy) is 1. The molecule has 1 aliphatic rings. The molecule has 0 aliphatic carbocycles. The van der Waals surface area contributed by atoms with Gasteiger partial charge in [0.05, 0.1) is 36.2 Å². The summed E-state index contributed by atoms with van der Waals surface area (Å²) in [5, 5.41) is 9.50. The molecule has 0 radical (unpaired) electrons. The Morgan fingerprint density at radius 1 is 1.24 bits per heavy atom. The summed E-state index contributed by atoms with van der Waals surface area (Å²) in [4.78, 5) is 39.7. The minimum Gasteiger partial charge on any atom is -0.491 e. The predicted octanol–water partition coefficient (Wildman–Crippen LogP) is 3.81. The number of aliphatic hydroxyl groups excluding tert-OH is 1. The van der Waals surface area contributed by atoms with Crippen molar-refractivity contribution >= 4 is 40.2 Å². The Morgan fingerprint density at radius 2 is 2.00 bits per heavy atom. The zero-order chi connectivity index (χ0) is 27.6. The van der Waals surface area contributed by atoms with Gasteiger partial charge in [-0.25, -0.2) is 13.6 Å². The number of amides is 2. The number of hydrogen-bond donors (Lipinski definition) is 2. The fourth-order valence-electron chi connectivity index (χ4n) is 4.88. The number of primary amides is 1. The number of aliphatic hydroxyl groups is 1. The van der Waals surface area contributed by atoms with Crippen LogP contribution in [-0.4, -0.2) is 63.8 Å². The predicted molar refractivity (Wildman–Crippen MR) is 138 cm³/mol. The summed E-state index contributed by atoms with van der Waals surface area (Å²) in [6.07, 6.45) is 1.02. The number of carbonyl (C=O) groups excluding carboxylic acids is 3. The smallest absolute Gasteiger partial charge is 0.323 e. The van der Waals surface area contributed by atoms with Gasteiger partial charge in [-0.1, -0.05) is 23.7 Å². The minimum atomic E-state index is -1.77. The van der Waals surface area contributed by atoms with Crippen LogP contribution in [0.3, 0.4) is 0 Å². The third-order valence-electron chi connectivity index (χ3n) is 6.66. The first-order valence-corrected chi connectivity index (χ1v) is 12.5. The van der Waals surface area contributed by atoms with Crippen LogP contribution in [0.4, 0.5) is 13.6 Å². The zero-order valence-corrected chi connectivity index (χ0v) is 21.5. The van der Waals surface area contributed by atoms with Crippen molar-refractivity contribution in [1.29, 1.82) is 0 Å². The van der Waals surface area contributed by atoms with E-state index in [4.69, 9.17) is 27.2 Å². The summed E-state index contributed by atoms with van der Waals surface area (Å²) in [6.45, 7) is 0.929. The molecule has 3 N–H and O–H groups in total. The van der Waals surface area contributed by atoms with E-state index in [2.05, 4.69) is 0 Å². The van der Waals surface area contributed by atoms with Crippen molar-refractivity contribution in [2.75, 3.05) is 19.8 Å². The molecule has 202 valence electrons. The standard InChI is InChI=1S/C27H28ClF2N3O5/c1-27(30)13-22(23(35)8-5-16-3-2-4-20(28)25(16)29)33(15-27)24(36)11-17-14-32(26(31)37)21-7-6-18(12-19(17)21)38-10-9-34/h2-4,6-7,12,14,22,34H,5,8-11,13,15H2,1H3,(H2,31,37)/t22-,27+/m0/s1. The average molecular weight is 548 g/mol. The van der Waals surface area contributed by atoms with E-state index in [-0.39, 0.29) is 61.8 Å². The first-order chi connectivity index (χ1) is 18.0. The Morgan fingerprint density at radius 3 is 2.71 bits per heavy atom. The van der Waals surface area contributed by atoms with Crippen LogP contribution in [0.2, 0.25) is 5.02 Å². The summed E-state index contributed by atoms with van der Waals surface area (Å²) < 4.78 is 36.0. The molecule has 2 amide bonds. The van der Waals surface area contributed by atoms with E-state index >= 15 is 4.39 Å². The number of ketones is 1. The summed E-state index contributed by atoms with van der Waals surface area (Å²) in [7, 11) is 0. The molecule has 3 aromatic rings. The average Bonchev–Trinajstić information content (AvgIpc) is 3.40. The largest absolute Gasteiger partial charge is 0.491 e. The van der Waals surface area contributed by atoms with Gasteiger partial charge in [-0.05, 0) is 48.7 Å². The van der Waals surface area contributed by atoms with E-state index in [1.807, 2.05) is 0 Å². The van der Waals surface area contributed by atoms with Crippen molar-refractivity contribution in [3.05, 3.63) is 64.6 Å². The van der Waals surface area contributed by atoms with E-state index in [1.165, 1.54) is 34.7 Å². The van der Waals surface area contributed by atoms with Gasteiger partial charge in [-0.3, -0.25) is 14.2 Å². The number of likely N-dealkylation sites (tertiary alicyclic amines) is 1. The SMILES string of the molecule is C[C@@]1(F)C[C@@H](C(=O)CCc2cccc(Cl)c2F)N(C(=O)Cc2cn(C(N)=O)c3ccc(OCCO)cc23)C1. The Labute approximate surface area is 222 Å². The van der Waals surface area contributed by atoms with Crippen LogP contribution in [0, 0.1) is 5.82 Å². The highest BCUT2D eigenvalue weighted by molar-refractivity contribution is 6.30. The van der Waals surface area contributed by atoms with Gasteiger partial charge in [0.2, 0.25) is 5.91 Å². The van der Waals surface area contributed by atoms with Crippen LogP contribution in [-0.2, 0) is 22.4 Å². The lowest BCUT2D eigenvalue weighted by Crippen LogP contribution is -2.41. The van der Waals surface area contributed by atoms with Crippen LogP contribution in [0.15, 0.2) is 42.6 Å². The lowest BCUT2D eigenvalue weighted by Gasteiger charge is -2.23. The highest BCUT2D eigenvalue weighted by Gasteiger charge is 2.46. The Hall–Kier alpha value is -3.50. The molecule has 0 unspecified atom stereocenters. The molecule has 1 aromatic heterocycles. The molecule has 0 saturated carbocycles. The molecule has 1 fully saturated rings. The van der Waals surface area contributed by atoms with Crippen molar-refractivity contribution in [2.45, 2.75) is 44.3 Å². The Balaban J connectivity index is 1.56. The van der Waals surface area contributed by atoms with Gasteiger partial charge >= 0.3 is 6.03 Å². The summed E-state index contributed by atoms with van der Waals surface area (Å²) in [6, 6.07) is 7.59. The summed E-state index contributed by atoms with van der Waals surface area (Å²) in [5.41, 5.74) is 4.88. The molecule has 38 heavy (non-hydrogen) atoms. The molecule has 0 bridgehead atoms. The lowest BCUT2D eigenvalue weighted by molar-refractivity contribution is -0.137. The number of fused-ring (bicyclic) bond motifs is 1. The topological polar surface area (TPSA) is 115 Å². The number of hydrogen-bond acceptors (Lipinski definition) is 5. The number of carbonyl (C=O) groups is 3. The molecule has 0 spiro atoms. The van der Waals surface area contributed by atoms with Crippen LogP contribution < -0.4 is 10.5 Å². The maximum absolute atomic E-state index is 15.1. The third kappa shape index (κ3) is 5.81. The van der Waals surface area contributed by atoms with E-state index in [1.54, 1.807) is 24.3 Å². The van der Waals surface area contributed by atoms with Crippen molar-refractivity contribution in [2.24, 2.45) is 5.73 Å². The molecule has 1 saturated heterocycles. The van der Waals surface area contributed by atoms with E-state index in [9.17, 15) is 18.8 Å². The quantitative estimate of drug-likeness (QED) is 0.423. The number of nitrogens with two attached hydrogens (primary N) is 1. The van der Waals surface area contributed by atoms with Gasteiger partial charge in [0.15, 0.2) is 5.78 Å². The van der Waals surface area contributed by atoms with Crippen LogP contribution in [0.5, 0.6) is 5.75 Å². The van der Waals surface area contributed by atoms with Crippen LogP contribution >= 0.6 is 11.6 Å². The molecule has 11 heteroatoms. The van der Waals surface area contributed by atoms with Crippen molar-refractivity contribution in [3.63, 3.8) is 0 Å². The van der Waals surface area contributed by atoms with Crippen molar-refractivity contribution in [3.8, 4) is 5.75 Å². The second-order valence-corrected chi connectivity index (χ2v) is 10.0. The molecule has 2 atom stereocenters. The van der Waals surface area contributed by atoms with Crippen LogP contribution in [0.25, 0.3) is 10.9 Å². The van der Waals surface area contributed by atoms with Crippen molar-refractivity contribution in [1.82, 2.24) is 9.47 Å². The number of nitrogens with zero attached hydrogens (tertiary/aromatic N) is 2. The highest BCUT2D eigenvalue weighted by Crippen LogP contribution is 2.33. The number of rotatable bonds is 9. The highest BCUT2D eigenvalue weighted by atomic mass is 35.5. The third-order valence-corrected chi connectivity index (χ3v) is 6.95. The number of alkyl halides is 1. The fraction of sp³-hybridized carbons (Fsp3) is 0.370. The van der Waals surface area contributed by atoms with Gasteiger partial charge in [0, 0.05) is 24.4 Å². The van der Waals surface area contributed by atoms with Gasteiger partial charge < -0.3 is 20.5 Å². The molecule has 2 heterocycles. The maximum Gasteiger partial charge on any atom is 0.323 e. The van der Waals surface area contributed by atoms with Gasteiger partial charge in [0.1, 0.15) is 23.8 Å². The van der Waals surface area contributed by atoms with Gasteiger partial charge in [-0.2, -0.15) is 0 Å². The Kier molecular flexibility index (Phi) is 8.03. The minimum absolute atomic E-state index is 0.0519. The number of aromatic nitrogens is 1. The molecule has 4 rings (SSSR count). The van der Waals surface area contributed by atoms with E-state index < -0.39 is 29.5 Å².